The van der Waals surface area contributed by atoms with Gasteiger partial charge in [-0.3, -0.25) is 4.79 Å². The molecule has 2 aromatic rings. The van der Waals surface area contributed by atoms with E-state index in [1.807, 2.05) is 24.3 Å². The molecule has 5 nitrogen and oxygen atoms in total. The second-order valence-electron chi connectivity index (χ2n) is 6.01. The molecule has 1 amide bonds. The summed E-state index contributed by atoms with van der Waals surface area (Å²) < 4.78 is 10.4. The minimum Gasteiger partial charge on any atom is -0.496 e. The highest BCUT2D eigenvalue weighted by molar-refractivity contribution is 5.98. The van der Waals surface area contributed by atoms with Gasteiger partial charge in [-0.2, -0.15) is 0 Å². The number of amides is 1. The van der Waals surface area contributed by atoms with Crippen molar-refractivity contribution < 1.29 is 19.1 Å². The molecule has 0 fully saturated rings. The first kappa shape index (κ1) is 18.5. The van der Waals surface area contributed by atoms with Crippen molar-refractivity contribution in [1.29, 1.82) is 0 Å². The van der Waals surface area contributed by atoms with Crippen molar-refractivity contribution in [1.82, 2.24) is 0 Å². The Kier molecular flexibility index (Phi) is 6.17. The Bertz CT molecular complexity index is 738. The van der Waals surface area contributed by atoms with E-state index >= 15 is 0 Å². The molecule has 2 rings (SSSR count). The molecule has 132 valence electrons. The standard InChI is InChI=1S/C20H23NO4/c1-13(2)15-9-11-16(12-10-15)21-19(22)14(3)25-20(23)17-7-5-6-8-18(17)24-4/h5-14H,1-4H3,(H,21,22)/t14-/m0/s1. The lowest BCUT2D eigenvalue weighted by Crippen LogP contribution is -2.30. The van der Waals surface area contributed by atoms with Gasteiger partial charge < -0.3 is 14.8 Å². The lowest BCUT2D eigenvalue weighted by Gasteiger charge is -2.15. The zero-order valence-corrected chi connectivity index (χ0v) is 14.9. The van der Waals surface area contributed by atoms with Crippen LogP contribution in [0.15, 0.2) is 48.5 Å². The number of para-hydroxylation sites is 1. The first-order valence-electron chi connectivity index (χ1n) is 8.17. The Balaban J connectivity index is 1.99. The number of nitrogens with one attached hydrogen (secondary N) is 1. The lowest BCUT2D eigenvalue weighted by atomic mass is 10.0. The molecule has 0 unspecified atom stereocenters. The van der Waals surface area contributed by atoms with Crippen LogP contribution in [-0.4, -0.2) is 25.1 Å². The van der Waals surface area contributed by atoms with Gasteiger partial charge in [-0.1, -0.05) is 38.1 Å². The number of methoxy groups -OCH3 is 1. The van der Waals surface area contributed by atoms with Crippen LogP contribution in [-0.2, 0) is 9.53 Å². The fraction of sp³-hybridized carbons (Fsp3) is 0.300. The van der Waals surface area contributed by atoms with E-state index in [9.17, 15) is 9.59 Å². The molecule has 0 heterocycles. The molecule has 1 atom stereocenters. The van der Waals surface area contributed by atoms with Crippen molar-refractivity contribution in [2.45, 2.75) is 32.8 Å². The molecule has 2 aromatic carbocycles. The topological polar surface area (TPSA) is 64.6 Å². The van der Waals surface area contributed by atoms with Crippen LogP contribution in [0, 0.1) is 0 Å². The monoisotopic (exact) mass is 341 g/mol. The molecule has 0 radical (unpaired) electrons. The predicted molar refractivity (Wildman–Crippen MR) is 97.0 cm³/mol. The van der Waals surface area contributed by atoms with E-state index < -0.39 is 12.1 Å². The van der Waals surface area contributed by atoms with Crippen LogP contribution in [0.25, 0.3) is 0 Å². The maximum absolute atomic E-state index is 12.2. The molecule has 0 saturated carbocycles. The number of esters is 1. The number of anilines is 1. The van der Waals surface area contributed by atoms with E-state index in [1.165, 1.54) is 19.6 Å². The highest BCUT2D eigenvalue weighted by atomic mass is 16.5. The van der Waals surface area contributed by atoms with Crippen molar-refractivity contribution in [2.24, 2.45) is 0 Å². The maximum atomic E-state index is 12.2. The number of hydrogen-bond donors (Lipinski definition) is 1. The van der Waals surface area contributed by atoms with Crippen molar-refractivity contribution in [3.05, 3.63) is 59.7 Å². The molecule has 1 N–H and O–H groups in total. The van der Waals surface area contributed by atoms with Crippen molar-refractivity contribution in [3.8, 4) is 5.75 Å². The molecule has 5 heteroatoms. The van der Waals surface area contributed by atoms with E-state index in [1.54, 1.807) is 24.3 Å². The third kappa shape index (κ3) is 4.83. The van der Waals surface area contributed by atoms with Crippen molar-refractivity contribution in [3.63, 3.8) is 0 Å². The van der Waals surface area contributed by atoms with Crippen LogP contribution in [0.4, 0.5) is 5.69 Å². The Morgan fingerprint density at radius 3 is 2.20 bits per heavy atom. The quantitative estimate of drug-likeness (QED) is 0.807. The normalized spacial score (nSPS) is 11.7. The number of hydrogen-bond acceptors (Lipinski definition) is 4. The summed E-state index contributed by atoms with van der Waals surface area (Å²) in [6.45, 7) is 5.74. The zero-order valence-electron chi connectivity index (χ0n) is 14.9. The van der Waals surface area contributed by atoms with Crippen LogP contribution in [0.3, 0.4) is 0 Å². The van der Waals surface area contributed by atoms with Crippen LogP contribution >= 0.6 is 0 Å². The van der Waals surface area contributed by atoms with Gasteiger partial charge in [0.2, 0.25) is 0 Å². The van der Waals surface area contributed by atoms with Crippen molar-refractivity contribution in [2.75, 3.05) is 12.4 Å². The number of carbonyl (C=O) groups is 2. The SMILES string of the molecule is COc1ccccc1C(=O)O[C@@H](C)C(=O)Nc1ccc(C(C)C)cc1. The van der Waals surface area contributed by atoms with E-state index in [-0.39, 0.29) is 11.5 Å². The summed E-state index contributed by atoms with van der Waals surface area (Å²) in [5.74, 6) is -0.161. The van der Waals surface area contributed by atoms with Gasteiger partial charge in [0, 0.05) is 5.69 Å². The summed E-state index contributed by atoms with van der Waals surface area (Å²) in [5, 5.41) is 2.75. The summed E-state index contributed by atoms with van der Waals surface area (Å²) in [6, 6.07) is 14.3. The second-order valence-corrected chi connectivity index (χ2v) is 6.01. The minimum absolute atomic E-state index is 0.283. The van der Waals surface area contributed by atoms with Gasteiger partial charge in [-0.15, -0.1) is 0 Å². The first-order chi connectivity index (χ1) is 11.9. The molecule has 0 saturated heterocycles. The van der Waals surface area contributed by atoms with Gasteiger partial charge in [0.1, 0.15) is 11.3 Å². The molecule has 0 aliphatic heterocycles. The van der Waals surface area contributed by atoms with E-state index in [4.69, 9.17) is 9.47 Å². The van der Waals surface area contributed by atoms with Gasteiger partial charge in [-0.25, -0.2) is 4.79 Å². The highest BCUT2D eigenvalue weighted by Gasteiger charge is 2.21. The number of rotatable bonds is 6. The predicted octanol–water partition coefficient (Wildman–Crippen LogP) is 4.00. The Hall–Kier alpha value is -2.82. The maximum Gasteiger partial charge on any atom is 0.342 e. The fourth-order valence-electron chi connectivity index (χ4n) is 2.29. The smallest absolute Gasteiger partial charge is 0.342 e. The van der Waals surface area contributed by atoms with Crippen LogP contribution in [0.2, 0.25) is 0 Å². The van der Waals surface area contributed by atoms with Crippen LogP contribution in [0.1, 0.15) is 42.6 Å². The number of ether oxygens (including phenoxy) is 2. The van der Waals surface area contributed by atoms with Crippen molar-refractivity contribution >= 4 is 17.6 Å². The molecular weight excluding hydrogens is 318 g/mol. The summed E-state index contributed by atoms with van der Waals surface area (Å²) >= 11 is 0. The second kappa shape index (κ2) is 8.33. The molecule has 0 bridgehead atoms. The van der Waals surface area contributed by atoms with E-state index in [0.29, 0.717) is 17.4 Å². The van der Waals surface area contributed by atoms with Gasteiger partial charge in [0.25, 0.3) is 5.91 Å². The molecular formula is C20H23NO4. The zero-order chi connectivity index (χ0) is 18.4. The van der Waals surface area contributed by atoms with Crippen LogP contribution < -0.4 is 10.1 Å². The average molecular weight is 341 g/mol. The van der Waals surface area contributed by atoms with E-state index in [2.05, 4.69) is 19.2 Å². The largest absolute Gasteiger partial charge is 0.496 e. The first-order valence-corrected chi connectivity index (χ1v) is 8.17. The summed E-state index contributed by atoms with van der Waals surface area (Å²) in [5.41, 5.74) is 2.13. The number of carbonyl (C=O) groups excluding carboxylic acids is 2. The molecule has 0 aliphatic carbocycles. The molecule has 0 spiro atoms. The van der Waals surface area contributed by atoms with Gasteiger partial charge >= 0.3 is 5.97 Å². The van der Waals surface area contributed by atoms with Gasteiger partial charge in [0.15, 0.2) is 6.10 Å². The number of benzene rings is 2. The van der Waals surface area contributed by atoms with Crippen LogP contribution in [0.5, 0.6) is 5.75 Å². The summed E-state index contributed by atoms with van der Waals surface area (Å²) in [4.78, 5) is 24.5. The molecule has 0 aliphatic rings. The van der Waals surface area contributed by atoms with E-state index in [0.717, 1.165) is 0 Å². The summed E-state index contributed by atoms with van der Waals surface area (Å²) in [7, 11) is 1.48. The minimum atomic E-state index is -0.929. The van der Waals surface area contributed by atoms with Gasteiger partial charge in [-0.05, 0) is 42.7 Å². The van der Waals surface area contributed by atoms with Gasteiger partial charge in [0.05, 0.1) is 7.11 Å². The fourth-order valence-corrected chi connectivity index (χ4v) is 2.29. The highest BCUT2D eigenvalue weighted by Crippen LogP contribution is 2.20. The third-order valence-corrected chi connectivity index (χ3v) is 3.82. The third-order valence-electron chi connectivity index (χ3n) is 3.82. The summed E-state index contributed by atoms with van der Waals surface area (Å²) in [6.07, 6.45) is -0.929. The molecule has 0 aromatic heterocycles. The average Bonchev–Trinajstić information content (AvgIpc) is 2.61. The Morgan fingerprint density at radius 2 is 1.60 bits per heavy atom. The Morgan fingerprint density at radius 1 is 0.960 bits per heavy atom. The lowest BCUT2D eigenvalue weighted by molar-refractivity contribution is -0.123. The Labute approximate surface area is 148 Å². The molecule has 25 heavy (non-hydrogen) atoms.